The van der Waals surface area contributed by atoms with E-state index in [0.29, 0.717) is 0 Å². The van der Waals surface area contributed by atoms with Crippen LogP contribution in [0, 0.1) is 10.1 Å². The zero-order valence-corrected chi connectivity index (χ0v) is 17.2. The van der Waals surface area contributed by atoms with Crippen molar-refractivity contribution in [1.82, 2.24) is 4.31 Å². The molecule has 2 aromatic rings. The van der Waals surface area contributed by atoms with Gasteiger partial charge in [0.1, 0.15) is 16.3 Å². The fourth-order valence-corrected chi connectivity index (χ4v) is 3.55. The Balaban J connectivity index is 2.41. The van der Waals surface area contributed by atoms with Gasteiger partial charge in [0.25, 0.3) is 11.6 Å². The summed E-state index contributed by atoms with van der Waals surface area (Å²) in [6.45, 7) is 1.99. The van der Waals surface area contributed by atoms with E-state index in [-0.39, 0.29) is 39.9 Å². The fraction of sp³-hybridized carbons (Fsp3) is 0.278. The standard InChI is InChI=1S/C18H22N4O6S/c1-5-28-16-9-7-13(11-17(16)29(26,27)21(3)4)20-18(23)12-6-8-14(19-2)15(10-12)22(24)25/h6-11,19H,5H2,1-4H3,(H,20,23). The summed E-state index contributed by atoms with van der Waals surface area (Å²) in [4.78, 5) is 23.0. The summed E-state index contributed by atoms with van der Waals surface area (Å²) < 4.78 is 31.6. The van der Waals surface area contributed by atoms with Crippen molar-refractivity contribution in [2.24, 2.45) is 0 Å². The minimum atomic E-state index is -3.82. The van der Waals surface area contributed by atoms with Gasteiger partial charge >= 0.3 is 0 Å². The first-order valence-electron chi connectivity index (χ1n) is 8.58. The molecule has 10 nitrogen and oxygen atoms in total. The Hall–Kier alpha value is -3.18. The van der Waals surface area contributed by atoms with Gasteiger partial charge in [-0.05, 0) is 37.3 Å². The number of ether oxygens (including phenoxy) is 1. The fourth-order valence-electron chi connectivity index (χ4n) is 2.50. The van der Waals surface area contributed by atoms with Crippen molar-refractivity contribution in [3.63, 3.8) is 0 Å². The van der Waals surface area contributed by atoms with Crippen molar-refractivity contribution in [3.8, 4) is 5.75 Å². The third-order valence-corrected chi connectivity index (χ3v) is 5.82. The molecule has 0 unspecified atom stereocenters. The minimum absolute atomic E-state index is 0.0570. The third-order valence-electron chi connectivity index (χ3n) is 3.99. The van der Waals surface area contributed by atoms with Crippen molar-refractivity contribution in [2.45, 2.75) is 11.8 Å². The summed E-state index contributed by atoms with van der Waals surface area (Å²) in [7, 11) is 0.492. The van der Waals surface area contributed by atoms with Crippen molar-refractivity contribution in [2.75, 3.05) is 38.4 Å². The quantitative estimate of drug-likeness (QED) is 0.494. The van der Waals surface area contributed by atoms with E-state index < -0.39 is 20.9 Å². The first kappa shape index (κ1) is 22.1. The van der Waals surface area contributed by atoms with Crippen LogP contribution in [0.2, 0.25) is 0 Å². The van der Waals surface area contributed by atoms with E-state index in [0.717, 1.165) is 10.4 Å². The van der Waals surface area contributed by atoms with Crippen molar-refractivity contribution >= 4 is 33.0 Å². The molecular formula is C18H22N4O6S. The Morgan fingerprint density at radius 1 is 1.21 bits per heavy atom. The van der Waals surface area contributed by atoms with Gasteiger partial charge in [-0.25, -0.2) is 12.7 Å². The molecule has 156 valence electrons. The van der Waals surface area contributed by atoms with Crippen molar-refractivity contribution in [1.29, 1.82) is 0 Å². The Labute approximate surface area is 168 Å². The van der Waals surface area contributed by atoms with Crippen LogP contribution in [0.3, 0.4) is 0 Å². The lowest BCUT2D eigenvalue weighted by molar-refractivity contribution is -0.384. The van der Waals surface area contributed by atoms with E-state index in [4.69, 9.17) is 4.74 Å². The molecule has 0 saturated heterocycles. The molecule has 29 heavy (non-hydrogen) atoms. The molecule has 0 heterocycles. The van der Waals surface area contributed by atoms with Gasteiger partial charge in [-0.1, -0.05) is 0 Å². The number of carbonyl (C=O) groups is 1. The predicted molar refractivity (Wildman–Crippen MR) is 109 cm³/mol. The first-order valence-corrected chi connectivity index (χ1v) is 10.0. The smallest absolute Gasteiger partial charge is 0.293 e. The monoisotopic (exact) mass is 422 g/mol. The number of nitro benzene ring substituents is 1. The highest BCUT2D eigenvalue weighted by atomic mass is 32.2. The molecule has 0 aliphatic rings. The van der Waals surface area contributed by atoms with Gasteiger partial charge < -0.3 is 15.4 Å². The average Bonchev–Trinajstić information content (AvgIpc) is 2.68. The molecule has 2 aromatic carbocycles. The molecule has 0 aromatic heterocycles. The Kier molecular flexibility index (Phi) is 6.77. The lowest BCUT2D eigenvalue weighted by Gasteiger charge is -2.16. The van der Waals surface area contributed by atoms with Crippen LogP contribution in [0.1, 0.15) is 17.3 Å². The van der Waals surface area contributed by atoms with E-state index in [1.54, 1.807) is 6.92 Å². The Bertz CT molecular complexity index is 1040. The zero-order valence-electron chi connectivity index (χ0n) is 16.4. The lowest BCUT2D eigenvalue weighted by atomic mass is 10.1. The second-order valence-corrected chi connectivity index (χ2v) is 8.20. The maximum Gasteiger partial charge on any atom is 0.293 e. The number of rotatable bonds is 8. The molecule has 0 fully saturated rings. The maximum atomic E-state index is 12.6. The molecule has 0 aliphatic heterocycles. The molecule has 2 rings (SSSR count). The molecule has 0 atom stereocenters. The second-order valence-electron chi connectivity index (χ2n) is 6.08. The number of nitro groups is 1. The summed E-state index contributed by atoms with van der Waals surface area (Å²) in [6.07, 6.45) is 0. The van der Waals surface area contributed by atoms with E-state index in [2.05, 4.69) is 10.6 Å². The number of anilines is 2. The van der Waals surface area contributed by atoms with Crippen LogP contribution in [0.25, 0.3) is 0 Å². The number of carbonyl (C=O) groups excluding carboxylic acids is 1. The molecular weight excluding hydrogens is 400 g/mol. The van der Waals surface area contributed by atoms with Crippen LogP contribution >= 0.6 is 0 Å². The average molecular weight is 422 g/mol. The number of hydrogen-bond acceptors (Lipinski definition) is 7. The van der Waals surface area contributed by atoms with Gasteiger partial charge in [0.15, 0.2) is 0 Å². The zero-order chi connectivity index (χ0) is 21.8. The van der Waals surface area contributed by atoms with Gasteiger partial charge in [0.2, 0.25) is 10.0 Å². The van der Waals surface area contributed by atoms with Crippen molar-refractivity contribution in [3.05, 3.63) is 52.1 Å². The molecule has 2 N–H and O–H groups in total. The molecule has 1 amide bonds. The number of nitrogens with zero attached hydrogens (tertiary/aromatic N) is 2. The Morgan fingerprint density at radius 2 is 1.90 bits per heavy atom. The molecule has 11 heteroatoms. The van der Waals surface area contributed by atoms with Crippen LogP contribution < -0.4 is 15.4 Å². The number of hydrogen-bond donors (Lipinski definition) is 2. The van der Waals surface area contributed by atoms with Gasteiger partial charge in [-0.15, -0.1) is 0 Å². The number of sulfonamides is 1. The summed E-state index contributed by atoms with van der Waals surface area (Å²) in [5.41, 5.74) is 0.288. The number of amides is 1. The van der Waals surface area contributed by atoms with Crippen molar-refractivity contribution < 1.29 is 22.9 Å². The van der Waals surface area contributed by atoms with Gasteiger partial charge in [-0.3, -0.25) is 14.9 Å². The van der Waals surface area contributed by atoms with Gasteiger partial charge in [0.05, 0.1) is 11.5 Å². The van der Waals surface area contributed by atoms with E-state index in [1.165, 1.54) is 51.5 Å². The number of benzene rings is 2. The molecule has 0 bridgehead atoms. The van der Waals surface area contributed by atoms with Gasteiger partial charge in [-0.2, -0.15) is 0 Å². The molecule has 0 spiro atoms. The topological polar surface area (TPSA) is 131 Å². The molecule has 0 aliphatic carbocycles. The summed E-state index contributed by atoms with van der Waals surface area (Å²) in [5.74, 6) is -0.457. The lowest BCUT2D eigenvalue weighted by Crippen LogP contribution is -2.23. The van der Waals surface area contributed by atoms with Gasteiger partial charge in [0, 0.05) is 38.5 Å². The highest BCUT2D eigenvalue weighted by molar-refractivity contribution is 7.89. The number of nitrogens with one attached hydrogen (secondary N) is 2. The first-order chi connectivity index (χ1) is 13.6. The van der Waals surface area contributed by atoms with Crippen LogP contribution in [-0.4, -0.2) is 51.3 Å². The van der Waals surface area contributed by atoms with Crippen LogP contribution in [0.4, 0.5) is 17.1 Å². The molecule has 0 saturated carbocycles. The third kappa shape index (κ3) is 4.81. The van der Waals surface area contributed by atoms with E-state index in [9.17, 15) is 23.3 Å². The van der Waals surface area contributed by atoms with Crippen LogP contribution in [0.15, 0.2) is 41.3 Å². The summed E-state index contributed by atoms with van der Waals surface area (Å²) in [6, 6.07) is 8.23. The van der Waals surface area contributed by atoms with Crippen LogP contribution in [0.5, 0.6) is 5.75 Å². The SMILES string of the molecule is CCOc1ccc(NC(=O)c2ccc(NC)c([N+](=O)[O-])c2)cc1S(=O)(=O)N(C)C. The highest BCUT2D eigenvalue weighted by Crippen LogP contribution is 2.30. The summed E-state index contributed by atoms with van der Waals surface area (Å²) >= 11 is 0. The van der Waals surface area contributed by atoms with E-state index >= 15 is 0 Å². The minimum Gasteiger partial charge on any atom is -0.492 e. The Morgan fingerprint density at radius 3 is 2.45 bits per heavy atom. The van der Waals surface area contributed by atoms with Crippen LogP contribution in [-0.2, 0) is 10.0 Å². The molecule has 0 radical (unpaired) electrons. The second kappa shape index (κ2) is 8.88. The highest BCUT2D eigenvalue weighted by Gasteiger charge is 2.24. The predicted octanol–water partition coefficient (Wildman–Crippen LogP) is 2.54. The normalized spacial score (nSPS) is 11.2. The van der Waals surface area contributed by atoms with E-state index in [1.807, 2.05) is 0 Å². The largest absolute Gasteiger partial charge is 0.492 e. The summed E-state index contributed by atoms with van der Waals surface area (Å²) in [5, 5.41) is 16.4. The maximum absolute atomic E-state index is 12.6.